The molecule has 1 aromatic carbocycles. The first-order valence-electron chi connectivity index (χ1n) is 8.06. The summed E-state index contributed by atoms with van der Waals surface area (Å²) in [6.07, 6.45) is 1.77. The maximum atomic E-state index is 13.0. The van der Waals surface area contributed by atoms with Gasteiger partial charge < -0.3 is 4.57 Å². The summed E-state index contributed by atoms with van der Waals surface area (Å²) < 4.78 is 29.9. The van der Waals surface area contributed by atoms with Crippen molar-refractivity contribution in [3.05, 3.63) is 47.4 Å². The van der Waals surface area contributed by atoms with Crippen molar-refractivity contribution in [3.63, 3.8) is 0 Å². The second-order valence-corrected chi connectivity index (χ2v) is 8.05. The van der Waals surface area contributed by atoms with Crippen LogP contribution in [-0.2, 0) is 28.4 Å². The molecule has 3 aromatic rings. The average Bonchev–Trinajstić information content (AvgIpc) is 3.09. The number of benzene rings is 1. The van der Waals surface area contributed by atoms with Crippen molar-refractivity contribution in [1.29, 1.82) is 0 Å². The minimum Gasteiger partial charge on any atom is -0.338 e. The molecule has 0 saturated carbocycles. The third-order valence-corrected chi connectivity index (χ3v) is 6.79. The number of halogens is 1. The van der Waals surface area contributed by atoms with E-state index in [4.69, 9.17) is 11.6 Å². The molecule has 0 aliphatic rings. The molecule has 0 radical (unpaired) electrons. The molecule has 0 fully saturated rings. The lowest BCUT2D eigenvalue weighted by Crippen LogP contribution is -2.39. The molecule has 26 heavy (non-hydrogen) atoms. The topological polar surface area (TPSA) is 77.2 Å². The van der Waals surface area contributed by atoms with Crippen molar-refractivity contribution in [2.45, 2.75) is 25.3 Å². The van der Waals surface area contributed by atoms with E-state index in [-0.39, 0.29) is 28.8 Å². The van der Waals surface area contributed by atoms with E-state index in [0.29, 0.717) is 0 Å². The Kier molecular flexibility index (Phi) is 4.81. The molecule has 0 aliphatic heterocycles. The lowest BCUT2D eigenvalue weighted by molar-refractivity contribution is -0.126. The fraction of sp³-hybridized carbons (Fsp3) is 0.294. The minimum atomic E-state index is -4.09. The van der Waals surface area contributed by atoms with Gasteiger partial charge in [0.2, 0.25) is 0 Å². The molecule has 0 unspecified atom stereocenters. The van der Waals surface area contributed by atoms with E-state index in [2.05, 4.69) is 5.10 Å². The van der Waals surface area contributed by atoms with Gasteiger partial charge in [-0.25, -0.2) is 12.7 Å². The third-order valence-electron chi connectivity index (χ3n) is 4.20. The van der Waals surface area contributed by atoms with Crippen molar-refractivity contribution in [2.24, 2.45) is 7.05 Å². The van der Waals surface area contributed by atoms with Crippen LogP contribution in [0.3, 0.4) is 0 Å². The molecule has 2 aromatic heterocycles. The van der Waals surface area contributed by atoms with Gasteiger partial charge in [-0.2, -0.15) is 5.10 Å². The predicted molar refractivity (Wildman–Crippen MR) is 99.5 cm³/mol. The Balaban J connectivity index is 1.96. The van der Waals surface area contributed by atoms with Gasteiger partial charge in [0, 0.05) is 25.3 Å². The normalized spacial score (nSPS) is 11.8. The number of hydrogen-bond donors (Lipinski definition) is 0. The van der Waals surface area contributed by atoms with E-state index < -0.39 is 15.9 Å². The Hall–Kier alpha value is -2.32. The number of para-hydroxylation sites is 1. The number of sulfonamides is 1. The summed E-state index contributed by atoms with van der Waals surface area (Å²) in [4.78, 5) is 12.7. The van der Waals surface area contributed by atoms with Gasteiger partial charge in [-0.3, -0.25) is 9.48 Å². The predicted octanol–water partition coefficient (Wildman–Crippen LogP) is 2.57. The second-order valence-electron chi connectivity index (χ2n) is 5.89. The van der Waals surface area contributed by atoms with Gasteiger partial charge in [-0.15, -0.1) is 0 Å². The first-order valence-corrected chi connectivity index (χ1v) is 9.87. The molecule has 0 aliphatic carbocycles. The summed E-state index contributed by atoms with van der Waals surface area (Å²) >= 11 is 6.10. The molecule has 2 heterocycles. The molecule has 138 valence electrons. The quantitative estimate of drug-likeness (QED) is 0.666. The fourth-order valence-corrected chi connectivity index (χ4v) is 5.11. The molecule has 7 nitrogen and oxygen atoms in total. The summed E-state index contributed by atoms with van der Waals surface area (Å²) in [6, 6.07) is 9.48. The Morgan fingerprint density at radius 1 is 1.27 bits per heavy atom. The molecular weight excluding hydrogens is 376 g/mol. The van der Waals surface area contributed by atoms with Crippen LogP contribution >= 0.6 is 11.6 Å². The van der Waals surface area contributed by atoms with Gasteiger partial charge in [-0.1, -0.05) is 29.8 Å². The summed E-state index contributed by atoms with van der Waals surface area (Å²) in [5.41, 5.74) is 1.13. The second kappa shape index (κ2) is 6.77. The third kappa shape index (κ3) is 2.99. The van der Waals surface area contributed by atoms with Crippen LogP contribution in [0, 0.1) is 6.92 Å². The van der Waals surface area contributed by atoms with Gasteiger partial charge >= 0.3 is 0 Å². The van der Waals surface area contributed by atoms with Crippen molar-refractivity contribution in [2.75, 3.05) is 6.54 Å². The Morgan fingerprint density at radius 3 is 2.58 bits per heavy atom. The highest BCUT2D eigenvalue weighted by Crippen LogP contribution is 2.27. The number of amides is 1. The number of rotatable bonds is 5. The monoisotopic (exact) mass is 394 g/mol. The van der Waals surface area contributed by atoms with Crippen LogP contribution in [0.15, 0.2) is 41.4 Å². The number of carbonyl (C=O) groups is 1. The van der Waals surface area contributed by atoms with Crippen LogP contribution in [-0.4, -0.2) is 39.5 Å². The Labute approximate surface area is 156 Å². The zero-order valence-corrected chi connectivity index (χ0v) is 16.3. The Bertz CT molecular complexity index is 1080. The van der Waals surface area contributed by atoms with E-state index in [0.717, 1.165) is 15.2 Å². The molecule has 9 heteroatoms. The number of likely N-dealkylation sites (N-methyl/N-ethyl adjacent to an activating group) is 1. The SMILES string of the molecule is CCN(C(=O)Cn1ccc2ccccc21)S(=O)(=O)c1c(C)nn(C)c1Cl. The molecule has 0 atom stereocenters. The van der Waals surface area contributed by atoms with Crippen molar-refractivity contribution in [3.8, 4) is 0 Å². The van der Waals surface area contributed by atoms with Crippen LogP contribution in [0.25, 0.3) is 10.9 Å². The number of carbonyl (C=O) groups excluding carboxylic acids is 1. The van der Waals surface area contributed by atoms with Gasteiger partial charge in [-0.05, 0) is 31.4 Å². The zero-order chi connectivity index (χ0) is 19.1. The largest absolute Gasteiger partial charge is 0.338 e. The maximum absolute atomic E-state index is 13.0. The lowest BCUT2D eigenvalue weighted by atomic mass is 10.2. The van der Waals surface area contributed by atoms with Crippen LogP contribution < -0.4 is 0 Å². The number of aryl methyl sites for hydroxylation is 2. The summed E-state index contributed by atoms with van der Waals surface area (Å²) in [6.45, 7) is 3.09. The van der Waals surface area contributed by atoms with Gasteiger partial charge in [0.15, 0.2) is 0 Å². The molecule has 0 saturated heterocycles. The van der Waals surface area contributed by atoms with Crippen molar-refractivity contribution in [1.82, 2.24) is 18.7 Å². The lowest BCUT2D eigenvalue weighted by Gasteiger charge is -2.21. The van der Waals surface area contributed by atoms with E-state index in [9.17, 15) is 13.2 Å². The van der Waals surface area contributed by atoms with E-state index in [1.54, 1.807) is 31.7 Å². The standard InChI is InChI=1S/C17H19ClN4O3S/c1-4-22(26(24,25)16-12(2)19-20(3)17(16)18)15(23)11-21-10-9-13-7-5-6-8-14(13)21/h5-10H,4,11H2,1-3H3. The molecule has 3 rings (SSSR count). The van der Waals surface area contributed by atoms with Crippen LogP contribution in [0.2, 0.25) is 5.15 Å². The summed E-state index contributed by atoms with van der Waals surface area (Å²) in [7, 11) is -2.54. The fourth-order valence-electron chi connectivity index (χ4n) is 3.00. The van der Waals surface area contributed by atoms with Crippen LogP contribution in [0.4, 0.5) is 0 Å². The van der Waals surface area contributed by atoms with E-state index in [1.807, 2.05) is 30.3 Å². The van der Waals surface area contributed by atoms with Crippen LogP contribution in [0.5, 0.6) is 0 Å². The summed E-state index contributed by atoms with van der Waals surface area (Å²) in [5.74, 6) is -0.534. The number of hydrogen-bond acceptors (Lipinski definition) is 4. The summed E-state index contributed by atoms with van der Waals surface area (Å²) in [5, 5.41) is 5.00. The molecule has 1 amide bonds. The number of fused-ring (bicyclic) bond motifs is 1. The Morgan fingerprint density at radius 2 is 1.96 bits per heavy atom. The maximum Gasteiger partial charge on any atom is 0.271 e. The minimum absolute atomic E-state index is 0.00499. The molecule has 0 N–H and O–H groups in total. The van der Waals surface area contributed by atoms with Gasteiger partial charge in [0.1, 0.15) is 16.6 Å². The van der Waals surface area contributed by atoms with Gasteiger partial charge in [0.05, 0.1) is 5.69 Å². The first kappa shape index (κ1) is 18.5. The van der Waals surface area contributed by atoms with Crippen molar-refractivity contribution >= 4 is 38.4 Å². The van der Waals surface area contributed by atoms with Crippen molar-refractivity contribution < 1.29 is 13.2 Å². The highest BCUT2D eigenvalue weighted by molar-refractivity contribution is 7.89. The number of nitrogens with zero attached hydrogens (tertiary/aromatic N) is 4. The van der Waals surface area contributed by atoms with E-state index >= 15 is 0 Å². The average molecular weight is 395 g/mol. The smallest absolute Gasteiger partial charge is 0.271 e. The van der Waals surface area contributed by atoms with E-state index in [1.165, 1.54) is 4.68 Å². The molecule has 0 spiro atoms. The molecule has 0 bridgehead atoms. The first-order chi connectivity index (χ1) is 12.3. The van der Waals surface area contributed by atoms with Crippen LogP contribution in [0.1, 0.15) is 12.6 Å². The van der Waals surface area contributed by atoms with Gasteiger partial charge in [0.25, 0.3) is 15.9 Å². The highest BCUT2D eigenvalue weighted by atomic mass is 35.5. The molecular formula is C17H19ClN4O3S. The highest BCUT2D eigenvalue weighted by Gasteiger charge is 2.33. The zero-order valence-electron chi connectivity index (χ0n) is 14.7. The number of aromatic nitrogens is 3.